The summed E-state index contributed by atoms with van der Waals surface area (Å²) in [6.07, 6.45) is 0. The fraction of sp³-hybridized carbons (Fsp3) is 0.125. The summed E-state index contributed by atoms with van der Waals surface area (Å²) in [5, 5.41) is 13.3. The summed E-state index contributed by atoms with van der Waals surface area (Å²) >= 11 is 1.67. The minimum atomic E-state index is 0.216. The van der Waals surface area contributed by atoms with Gasteiger partial charge in [0, 0.05) is 10.5 Å². The minimum Gasteiger partial charge on any atom is -0.508 e. The van der Waals surface area contributed by atoms with Gasteiger partial charge in [-0.2, -0.15) is 4.98 Å². The van der Waals surface area contributed by atoms with E-state index in [-0.39, 0.29) is 5.75 Å². The third-order valence-electron chi connectivity index (χ3n) is 2.94. The topological polar surface area (TPSA) is 59.2 Å². The largest absolute Gasteiger partial charge is 0.508 e. The summed E-state index contributed by atoms with van der Waals surface area (Å²) in [5.41, 5.74) is 2.03. The highest BCUT2D eigenvalue weighted by molar-refractivity contribution is 7.98. The van der Waals surface area contributed by atoms with Crippen LogP contribution in [-0.2, 0) is 5.75 Å². The molecule has 1 heterocycles. The quantitative estimate of drug-likeness (QED) is 0.736. The van der Waals surface area contributed by atoms with Crippen molar-refractivity contribution >= 4 is 11.8 Å². The van der Waals surface area contributed by atoms with Gasteiger partial charge in [0.05, 0.1) is 5.75 Å². The van der Waals surface area contributed by atoms with E-state index < -0.39 is 0 Å². The number of aromatic hydroxyl groups is 1. The van der Waals surface area contributed by atoms with E-state index in [1.165, 1.54) is 10.5 Å². The highest BCUT2D eigenvalue weighted by atomic mass is 32.2. The van der Waals surface area contributed by atoms with Crippen LogP contribution in [0.5, 0.6) is 5.75 Å². The molecule has 0 amide bonds. The van der Waals surface area contributed by atoms with Gasteiger partial charge in [0.25, 0.3) is 5.89 Å². The van der Waals surface area contributed by atoms with Crippen LogP contribution >= 0.6 is 11.8 Å². The Hall–Kier alpha value is -2.27. The molecule has 0 unspecified atom stereocenters. The second-order valence-corrected chi connectivity index (χ2v) is 5.72. The predicted octanol–water partition coefficient (Wildman–Crippen LogP) is 4.04. The molecular weight excluding hydrogens is 284 g/mol. The summed E-state index contributed by atoms with van der Waals surface area (Å²) in [6.45, 7) is 2.07. The lowest BCUT2D eigenvalue weighted by Gasteiger charge is -1.99. The first kappa shape index (κ1) is 13.7. The summed E-state index contributed by atoms with van der Waals surface area (Å²) in [4.78, 5) is 5.55. The third kappa shape index (κ3) is 3.44. The van der Waals surface area contributed by atoms with Crippen LogP contribution in [0.3, 0.4) is 0 Å². The zero-order valence-electron chi connectivity index (χ0n) is 11.5. The SMILES string of the molecule is Cc1cccc(SCc2noc(-c3ccc(O)cc3)n2)c1. The van der Waals surface area contributed by atoms with Crippen molar-refractivity contribution in [3.05, 3.63) is 59.9 Å². The van der Waals surface area contributed by atoms with Crippen molar-refractivity contribution in [2.24, 2.45) is 0 Å². The molecule has 0 aliphatic carbocycles. The fourth-order valence-corrected chi connectivity index (χ4v) is 2.74. The Labute approximate surface area is 126 Å². The Morgan fingerprint density at radius 3 is 2.71 bits per heavy atom. The number of aryl methyl sites for hydroxylation is 1. The van der Waals surface area contributed by atoms with Crippen LogP contribution in [-0.4, -0.2) is 15.2 Å². The molecule has 0 aliphatic heterocycles. The Kier molecular flexibility index (Phi) is 3.92. The maximum Gasteiger partial charge on any atom is 0.257 e. The first-order valence-corrected chi connectivity index (χ1v) is 7.51. The highest BCUT2D eigenvalue weighted by Crippen LogP contribution is 2.24. The van der Waals surface area contributed by atoms with Gasteiger partial charge in [-0.25, -0.2) is 0 Å². The molecule has 21 heavy (non-hydrogen) atoms. The van der Waals surface area contributed by atoms with Gasteiger partial charge in [0.1, 0.15) is 5.75 Å². The van der Waals surface area contributed by atoms with E-state index in [1.54, 1.807) is 36.0 Å². The molecule has 0 fully saturated rings. The molecule has 0 aliphatic rings. The summed E-state index contributed by atoms with van der Waals surface area (Å²) in [7, 11) is 0. The van der Waals surface area contributed by atoms with Gasteiger partial charge in [0.15, 0.2) is 5.82 Å². The maximum atomic E-state index is 9.27. The van der Waals surface area contributed by atoms with Gasteiger partial charge in [0.2, 0.25) is 0 Å². The van der Waals surface area contributed by atoms with Gasteiger partial charge in [-0.1, -0.05) is 22.9 Å². The molecule has 0 saturated carbocycles. The Balaban J connectivity index is 1.69. The molecule has 3 rings (SSSR count). The number of hydrogen-bond donors (Lipinski definition) is 1. The van der Waals surface area contributed by atoms with Gasteiger partial charge in [-0.05, 0) is 43.3 Å². The molecule has 3 aromatic rings. The van der Waals surface area contributed by atoms with Crippen molar-refractivity contribution < 1.29 is 9.63 Å². The van der Waals surface area contributed by atoms with Crippen LogP contribution in [0, 0.1) is 6.92 Å². The molecule has 5 heteroatoms. The van der Waals surface area contributed by atoms with Gasteiger partial charge < -0.3 is 9.63 Å². The monoisotopic (exact) mass is 298 g/mol. The fourth-order valence-electron chi connectivity index (χ4n) is 1.89. The number of phenols is 1. The van der Waals surface area contributed by atoms with Crippen molar-refractivity contribution in [3.63, 3.8) is 0 Å². The van der Waals surface area contributed by atoms with E-state index in [0.717, 1.165) is 5.56 Å². The Morgan fingerprint density at radius 2 is 1.95 bits per heavy atom. The zero-order valence-corrected chi connectivity index (χ0v) is 12.3. The lowest BCUT2D eigenvalue weighted by molar-refractivity contribution is 0.425. The average molecular weight is 298 g/mol. The van der Waals surface area contributed by atoms with Gasteiger partial charge >= 0.3 is 0 Å². The van der Waals surface area contributed by atoms with Crippen LogP contribution in [0.25, 0.3) is 11.5 Å². The number of benzene rings is 2. The second kappa shape index (κ2) is 6.01. The first-order chi connectivity index (χ1) is 10.2. The van der Waals surface area contributed by atoms with E-state index in [2.05, 4.69) is 35.3 Å². The number of hydrogen-bond acceptors (Lipinski definition) is 5. The molecular formula is C16H14N2O2S. The predicted molar refractivity (Wildman–Crippen MR) is 82.1 cm³/mol. The number of aromatic nitrogens is 2. The smallest absolute Gasteiger partial charge is 0.257 e. The van der Waals surface area contributed by atoms with Crippen LogP contribution in [0.1, 0.15) is 11.4 Å². The minimum absolute atomic E-state index is 0.216. The van der Waals surface area contributed by atoms with Crippen LogP contribution < -0.4 is 0 Å². The number of thioether (sulfide) groups is 1. The standard InChI is InChI=1S/C16H14N2O2S/c1-11-3-2-4-14(9-11)21-10-15-17-16(20-18-15)12-5-7-13(19)8-6-12/h2-9,19H,10H2,1H3. The molecule has 1 N–H and O–H groups in total. The molecule has 4 nitrogen and oxygen atoms in total. The average Bonchev–Trinajstić information content (AvgIpc) is 2.95. The van der Waals surface area contributed by atoms with Crippen LogP contribution in [0.15, 0.2) is 57.9 Å². The summed E-state index contributed by atoms with van der Waals surface area (Å²) in [5.74, 6) is 2.00. The normalized spacial score (nSPS) is 10.7. The summed E-state index contributed by atoms with van der Waals surface area (Å²) < 4.78 is 5.25. The lowest BCUT2D eigenvalue weighted by Crippen LogP contribution is -1.84. The van der Waals surface area contributed by atoms with Gasteiger partial charge in [-0.15, -0.1) is 11.8 Å². The van der Waals surface area contributed by atoms with Crippen molar-refractivity contribution in [3.8, 4) is 17.2 Å². The molecule has 0 bridgehead atoms. The van der Waals surface area contributed by atoms with E-state index in [4.69, 9.17) is 4.52 Å². The molecule has 0 atom stereocenters. The summed E-state index contributed by atoms with van der Waals surface area (Å²) in [6, 6.07) is 15.0. The van der Waals surface area contributed by atoms with E-state index in [1.807, 2.05) is 6.07 Å². The zero-order chi connectivity index (χ0) is 14.7. The number of nitrogens with zero attached hydrogens (tertiary/aromatic N) is 2. The first-order valence-electron chi connectivity index (χ1n) is 6.52. The molecule has 1 aromatic heterocycles. The molecule has 106 valence electrons. The van der Waals surface area contributed by atoms with Crippen LogP contribution in [0.4, 0.5) is 0 Å². The van der Waals surface area contributed by atoms with Crippen molar-refractivity contribution in [1.82, 2.24) is 10.1 Å². The van der Waals surface area contributed by atoms with Gasteiger partial charge in [-0.3, -0.25) is 0 Å². The lowest BCUT2D eigenvalue weighted by atomic mass is 10.2. The number of rotatable bonds is 4. The van der Waals surface area contributed by atoms with Crippen molar-refractivity contribution in [2.75, 3.05) is 0 Å². The van der Waals surface area contributed by atoms with E-state index in [9.17, 15) is 5.11 Å². The Morgan fingerprint density at radius 1 is 1.14 bits per heavy atom. The van der Waals surface area contributed by atoms with Crippen LogP contribution in [0.2, 0.25) is 0 Å². The molecule has 0 radical (unpaired) electrons. The highest BCUT2D eigenvalue weighted by Gasteiger charge is 2.09. The number of phenolic OH excluding ortho intramolecular Hbond substituents is 1. The van der Waals surface area contributed by atoms with Crippen molar-refractivity contribution in [2.45, 2.75) is 17.6 Å². The van der Waals surface area contributed by atoms with E-state index in [0.29, 0.717) is 17.5 Å². The third-order valence-corrected chi connectivity index (χ3v) is 3.93. The molecule has 0 saturated heterocycles. The molecule has 0 spiro atoms. The van der Waals surface area contributed by atoms with Crippen molar-refractivity contribution in [1.29, 1.82) is 0 Å². The molecule has 2 aromatic carbocycles. The Bertz CT molecular complexity index is 738. The van der Waals surface area contributed by atoms with E-state index >= 15 is 0 Å². The second-order valence-electron chi connectivity index (χ2n) is 4.67. The maximum absolute atomic E-state index is 9.27.